The molecule has 0 saturated carbocycles. The highest BCUT2D eigenvalue weighted by Gasteiger charge is 2.20. The Labute approximate surface area is 149 Å². The maximum atomic E-state index is 12.4. The Balaban J connectivity index is 1.91. The van der Waals surface area contributed by atoms with Crippen molar-refractivity contribution in [1.82, 2.24) is 5.32 Å². The average Bonchev–Trinajstić information content (AvgIpc) is 2.62. The lowest BCUT2D eigenvalue weighted by Gasteiger charge is -2.15. The summed E-state index contributed by atoms with van der Waals surface area (Å²) >= 11 is 0. The van der Waals surface area contributed by atoms with Crippen LogP contribution in [-0.2, 0) is 4.79 Å². The molecule has 0 fully saturated rings. The SMILES string of the molecule is CCCCCCCC[C@@H](NC(=O)c1ccc2ccccc2c1)C(=O)O. The van der Waals surface area contributed by atoms with Crippen molar-refractivity contribution < 1.29 is 14.7 Å². The van der Waals surface area contributed by atoms with E-state index < -0.39 is 12.0 Å². The highest BCUT2D eigenvalue weighted by molar-refractivity contribution is 6.00. The molecule has 0 saturated heterocycles. The third-order valence-electron chi connectivity index (χ3n) is 4.46. The number of hydrogen-bond acceptors (Lipinski definition) is 2. The first-order chi connectivity index (χ1) is 12.1. The zero-order valence-corrected chi connectivity index (χ0v) is 14.8. The van der Waals surface area contributed by atoms with Crippen molar-refractivity contribution in [2.45, 2.75) is 57.9 Å². The van der Waals surface area contributed by atoms with E-state index in [2.05, 4.69) is 12.2 Å². The Bertz CT molecular complexity index is 711. The Morgan fingerprint density at radius 1 is 0.960 bits per heavy atom. The minimum Gasteiger partial charge on any atom is -0.480 e. The van der Waals surface area contributed by atoms with Crippen LogP contribution in [0.25, 0.3) is 10.8 Å². The van der Waals surface area contributed by atoms with E-state index >= 15 is 0 Å². The third-order valence-corrected chi connectivity index (χ3v) is 4.46. The van der Waals surface area contributed by atoms with Gasteiger partial charge in [-0.05, 0) is 29.3 Å². The zero-order valence-electron chi connectivity index (χ0n) is 14.8. The molecule has 0 aromatic heterocycles. The average molecular weight is 341 g/mol. The molecule has 1 amide bonds. The van der Waals surface area contributed by atoms with Gasteiger partial charge in [0.05, 0.1) is 0 Å². The van der Waals surface area contributed by atoms with Gasteiger partial charge in [-0.2, -0.15) is 0 Å². The van der Waals surface area contributed by atoms with Crippen LogP contribution in [0.1, 0.15) is 62.2 Å². The van der Waals surface area contributed by atoms with Gasteiger partial charge in [-0.25, -0.2) is 4.79 Å². The maximum absolute atomic E-state index is 12.4. The first-order valence-electron chi connectivity index (χ1n) is 9.14. The van der Waals surface area contributed by atoms with Gasteiger partial charge in [0.1, 0.15) is 6.04 Å². The van der Waals surface area contributed by atoms with Crippen LogP contribution < -0.4 is 5.32 Å². The number of amides is 1. The van der Waals surface area contributed by atoms with Gasteiger partial charge in [-0.1, -0.05) is 75.8 Å². The topological polar surface area (TPSA) is 66.4 Å². The summed E-state index contributed by atoms with van der Waals surface area (Å²) in [7, 11) is 0. The van der Waals surface area contributed by atoms with E-state index in [-0.39, 0.29) is 5.91 Å². The number of fused-ring (bicyclic) bond motifs is 1. The lowest BCUT2D eigenvalue weighted by molar-refractivity contribution is -0.139. The zero-order chi connectivity index (χ0) is 18.1. The molecule has 2 rings (SSSR count). The molecule has 0 heterocycles. The maximum Gasteiger partial charge on any atom is 0.326 e. The molecular formula is C21H27NO3. The Hall–Kier alpha value is -2.36. The van der Waals surface area contributed by atoms with E-state index in [9.17, 15) is 14.7 Å². The number of unbranched alkanes of at least 4 members (excludes halogenated alkanes) is 5. The number of hydrogen-bond donors (Lipinski definition) is 2. The molecule has 0 radical (unpaired) electrons. The summed E-state index contributed by atoms with van der Waals surface area (Å²) in [5.74, 6) is -1.30. The standard InChI is InChI=1S/C21H27NO3/c1-2-3-4-5-6-7-12-19(21(24)25)22-20(23)18-14-13-16-10-8-9-11-17(16)15-18/h8-11,13-15,19H,2-7,12H2,1H3,(H,22,23)(H,24,25)/t19-/m1/s1. The lowest BCUT2D eigenvalue weighted by Crippen LogP contribution is -2.40. The van der Waals surface area contributed by atoms with Crippen LogP contribution in [0.5, 0.6) is 0 Å². The fourth-order valence-electron chi connectivity index (χ4n) is 2.96. The number of carboxylic acid groups (broad SMARTS) is 1. The van der Waals surface area contributed by atoms with Crippen LogP contribution in [-0.4, -0.2) is 23.0 Å². The van der Waals surface area contributed by atoms with Gasteiger partial charge in [0.15, 0.2) is 0 Å². The number of aliphatic carboxylic acids is 1. The quantitative estimate of drug-likeness (QED) is 0.612. The van der Waals surface area contributed by atoms with Crippen LogP contribution in [0.2, 0.25) is 0 Å². The Morgan fingerprint density at radius 3 is 2.36 bits per heavy atom. The molecule has 0 spiro atoms. The molecule has 0 aliphatic carbocycles. The summed E-state index contributed by atoms with van der Waals surface area (Å²) in [6.45, 7) is 2.17. The number of nitrogens with one attached hydrogen (secondary N) is 1. The van der Waals surface area contributed by atoms with E-state index in [4.69, 9.17) is 0 Å². The van der Waals surface area contributed by atoms with Crippen molar-refractivity contribution >= 4 is 22.6 Å². The van der Waals surface area contributed by atoms with Crippen molar-refractivity contribution in [3.63, 3.8) is 0 Å². The van der Waals surface area contributed by atoms with Gasteiger partial charge in [-0.3, -0.25) is 4.79 Å². The first-order valence-corrected chi connectivity index (χ1v) is 9.14. The predicted molar refractivity (Wildman–Crippen MR) is 101 cm³/mol. The van der Waals surface area contributed by atoms with Gasteiger partial charge in [-0.15, -0.1) is 0 Å². The predicted octanol–water partition coefficient (Wildman–Crippen LogP) is 4.77. The summed E-state index contributed by atoms with van der Waals surface area (Å²) in [5, 5.41) is 14.1. The summed E-state index contributed by atoms with van der Waals surface area (Å²) < 4.78 is 0. The molecule has 0 bridgehead atoms. The number of carboxylic acids is 1. The molecule has 4 heteroatoms. The van der Waals surface area contributed by atoms with E-state index in [1.54, 1.807) is 12.1 Å². The number of benzene rings is 2. The van der Waals surface area contributed by atoms with Crippen LogP contribution in [0.15, 0.2) is 42.5 Å². The number of rotatable bonds is 10. The van der Waals surface area contributed by atoms with E-state index in [1.165, 1.54) is 19.3 Å². The first kappa shape index (κ1) is 19.0. The summed E-state index contributed by atoms with van der Waals surface area (Å²) in [6, 6.07) is 12.4. The van der Waals surface area contributed by atoms with Crippen molar-refractivity contribution in [2.75, 3.05) is 0 Å². The largest absolute Gasteiger partial charge is 0.480 e. The normalized spacial score (nSPS) is 12.0. The van der Waals surface area contributed by atoms with Crippen molar-refractivity contribution in [2.24, 2.45) is 0 Å². The summed E-state index contributed by atoms with van der Waals surface area (Å²) in [4.78, 5) is 23.8. The smallest absolute Gasteiger partial charge is 0.326 e. The van der Waals surface area contributed by atoms with Crippen LogP contribution in [0, 0.1) is 0 Å². The van der Waals surface area contributed by atoms with Gasteiger partial charge in [0.25, 0.3) is 5.91 Å². The van der Waals surface area contributed by atoms with Crippen LogP contribution in [0.3, 0.4) is 0 Å². The van der Waals surface area contributed by atoms with Crippen LogP contribution >= 0.6 is 0 Å². The summed E-state index contributed by atoms with van der Waals surface area (Å²) in [5.41, 5.74) is 0.493. The van der Waals surface area contributed by atoms with Gasteiger partial charge in [0.2, 0.25) is 0 Å². The highest BCUT2D eigenvalue weighted by atomic mass is 16.4. The molecule has 2 aromatic carbocycles. The number of carbonyl (C=O) groups excluding carboxylic acids is 1. The Kier molecular flexibility index (Phi) is 7.45. The van der Waals surface area contributed by atoms with Gasteiger partial charge < -0.3 is 10.4 Å². The third kappa shape index (κ3) is 5.89. The molecule has 4 nitrogen and oxygen atoms in total. The monoisotopic (exact) mass is 341 g/mol. The van der Waals surface area contributed by atoms with Crippen molar-refractivity contribution in [3.05, 3.63) is 48.0 Å². The second-order valence-electron chi connectivity index (χ2n) is 6.48. The molecule has 25 heavy (non-hydrogen) atoms. The van der Waals surface area contributed by atoms with Crippen molar-refractivity contribution in [1.29, 1.82) is 0 Å². The second kappa shape index (κ2) is 9.82. The molecule has 134 valence electrons. The lowest BCUT2D eigenvalue weighted by atomic mass is 10.0. The molecule has 0 aliphatic heterocycles. The molecule has 2 N–H and O–H groups in total. The minimum absolute atomic E-state index is 0.330. The fraction of sp³-hybridized carbons (Fsp3) is 0.429. The Morgan fingerprint density at radius 2 is 1.64 bits per heavy atom. The minimum atomic E-state index is -0.970. The van der Waals surface area contributed by atoms with Crippen LogP contribution in [0.4, 0.5) is 0 Å². The molecule has 0 aliphatic rings. The van der Waals surface area contributed by atoms with E-state index in [0.717, 1.165) is 30.0 Å². The van der Waals surface area contributed by atoms with Gasteiger partial charge >= 0.3 is 5.97 Å². The summed E-state index contributed by atoms with van der Waals surface area (Å²) in [6.07, 6.45) is 7.03. The fourth-order valence-corrected chi connectivity index (χ4v) is 2.96. The van der Waals surface area contributed by atoms with Crippen molar-refractivity contribution in [3.8, 4) is 0 Å². The highest BCUT2D eigenvalue weighted by Crippen LogP contribution is 2.16. The van der Waals surface area contributed by atoms with E-state index in [1.807, 2.05) is 30.3 Å². The molecule has 0 unspecified atom stereocenters. The number of carbonyl (C=O) groups is 2. The molecule has 2 aromatic rings. The molecule has 1 atom stereocenters. The van der Waals surface area contributed by atoms with Gasteiger partial charge in [0, 0.05) is 5.56 Å². The van der Waals surface area contributed by atoms with E-state index in [0.29, 0.717) is 12.0 Å². The molecular weight excluding hydrogens is 314 g/mol. The second-order valence-corrected chi connectivity index (χ2v) is 6.48.